The third kappa shape index (κ3) is 4.61. The Kier molecular flexibility index (Phi) is 6.36. The number of hydrogen-bond acceptors (Lipinski definition) is 5. The Morgan fingerprint density at radius 1 is 1.26 bits per heavy atom. The van der Waals surface area contributed by atoms with Gasteiger partial charge in [-0.25, -0.2) is 9.07 Å². The van der Waals surface area contributed by atoms with Crippen molar-refractivity contribution < 1.29 is 9.18 Å². The lowest BCUT2D eigenvalue weighted by Gasteiger charge is -2.37. The molecule has 6 nitrogen and oxygen atoms in total. The number of hydrogen-bond donors (Lipinski definition) is 1. The normalized spacial score (nSPS) is 15.3. The fourth-order valence-corrected chi connectivity index (χ4v) is 4.37. The minimum absolute atomic E-state index is 0.105. The number of rotatable bonds is 6. The van der Waals surface area contributed by atoms with Crippen LogP contribution in [0.4, 0.5) is 4.39 Å². The van der Waals surface area contributed by atoms with Gasteiger partial charge in [-0.2, -0.15) is 0 Å². The van der Waals surface area contributed by atoms with Gasteiger partial charge in [-0.05, 0) is 51.0 Å². The van der Waals surface area contributed by atoms with Crippen LogP contribution >= 0.6 is 11.8 Å². The van der Waals surface area contributed by atoms with Crippen LogP contribution in [0.2, 0.25) is 0 Å². The van der Waals surface area contributed by atoms with Crippen molar-refractivity contribution in [2.45, 2.75) is 63.2 Å². The molecule has 27 heavy (non-hydrogen) atoms. The van der Waals surface area contributed by atoms with Crippen LogP contribution in [0.1, 0.15) is 46.0 Å². The molecule has 3 rings (SSSR count). The van der Waals surface area contributed by atoms with E-state index in [0.29, 0.717) is 22.6 Å². The van der Waals surface area contributed by atoms with E-state index in [0.717, 1.165) is 12.8 Å². The lowest BCUT2D eigenvalue weighted by molar-refractivity contribution is -0.133. The number of nitrogens with zero attached hydrogens (tertiary/aromatic N) is 4. The van der Waals surface area contributed by atoms with E-state index in [1.54, 1.807) is 12.1 Å². The maximum absolute atomic E-state index is 13.1. The molecule has 1 aliphatic rings. The molecule has 1 heterocycles. The van der Waals surface area contributed by atoms with Crippen molar-refractivity contribution in [3.63, 3.8) is 0 Å². The second-order valence-electron chi connectivity index (χ2n) is 7.16. The largest absolute Gasteiger partial charge is 0.337 e. The number of halogens is 1. The molecule has 0 radical (unpaired) electrons. The number of amides is 1. The maximum atomic E-state index is 13.1. The van der Waals surface area contributed by atoms with Crippen LogP contribution in [0.3, 0.4) is 0 Å². The monoisotopic (exact) mass is 391 g/mol. The molecule has 0 bridgehead atoms. The molecule has 146 valence electrons. The zero-order valence-electron chi connectivity index (χ0n) is 15.8. The van der Waals surface area contributed by atoms with Gasteiger partial charge in [0.2, 0.25) is 11.1 Å². The molecule has 0 unspecified atom stereocenters. The molecule has 2 N–H and O–H groups in total. The van der Waals surface area contributed by atoms with Gasteiger partial charge in [0.15, 0.2) is 5.82 Å². The number of carbonyl (C=O) groups is 1. The fraction of sp³-hybridized carbons (Fsp3) is 0.526. The summed E-state index contributed by atoms with van der Waals surface area (Å²) in [7, 11) is 0. The van der Waals surface area contributed by atoms with Crippen LogP contribution in [0.25, 0.3) is 11.4 Å². The van der Waals surface area contributed by atoms with E-state index in [1.165, 1.54) is 47.8 Å². The first-order chi connectivity index (χ1) is 13.0. The highest BCUT2D eigenvalue weighted by Crippen LogP contribution is 2.26. The standard InChI is InChI=1S/C19H26FN5OS/c1-13(2)24(16-6-4-3-5-7-16)17(26)12-27-19-23-22-18(25(19)21)14-8-10-15(20)11-9-14/h8-11,13,16H,3-7,12,21H2,1-2H3. The van der Waals surface area contributed by atoms with E-state index < -0.39 is 0 Å². The molecule has 8 heteroatoms. The minimum atomic E-state index is -0.321. The molecule has 1 aliphatic carbocycles. The third-order valence-corrected chi connectivity index (χ3v) is 5.83. The molecule has 1 aromatic heterocycles. The van der Waals surface area contributed by atoms with Crippen LogP contribution < -0.4 is 5.84 Å². The number of thioether (sulfide) groups is 1. The zero-order chi connectivity index (χ0) is 19.4. The predicted octanol–water partition coefficient (Wildman–Crippen LogP) is 3.46. The number of aromatic nitrogens is 3. The minimum Gasteiger partial charge on any atom is -0.337 e. The molecule has 1 saturated carbocycles. The molecule has 0 atom stereocenters. The van der Waals surface area contributed by atoms with Crippen LogP contribution in [-0.2, 0) is 4.79 Å². The van der Waals surface area contributed by atoms with Gasteiger partial charge >= 0.3 is 0 Å². The fourth-order valence-electron chi connectivity index (χ4n) is 3.64. The van der Waals surface area contributed by atoms with E-state index >= 15 is 0 Å². The molecular weight excluding hydrogens is 365 g/mol. The Bertz CT molecular complexity index is 771. The van der Waals surface area contributed by atoms with Crippen LogP contribution in [0, 0.1) is 5.82 Å². The molecule has 1 amide bonds. The molecule has 0 spiro atoms. The summed E-state index contributed by atoms with van der Waals surface area (Å²) >= 11 is 1.28. The van der Waals surface area contributed by atoms with Crippen molar-refractivity contribution in [2.75, 3.05) is 11.6 Å². The van der Waals surface area contributed by atoms with Crippen LogP contribution in [0.15, 0.2) is 29.4 Å². The Labute approximate surface area is 163 Å². The highest BCUT2D eigenvalue weighted by molar-refractivity contribution is 7.99. The van der Waals surface area contributed by atoms with Gasteiger partial charge in [0, 0.05) is 17.6 Å². The highest BCUT2D eigenvalue weighted by Gasteiger charge is 2.28. The number of nitrogen functional groups attached to an aromatic ring is 1. The molecule has 0 saturated heterocycles. The van der Waals surface area contributed by atoms with Crippen molar-refractivity contribution in [2.24, 2.45) is 0 Å². The first-order valence-corrected chi connectivity index (χ1v) is 10.4. The first kappa shape index (κ1) is 19.7. The highest BCUT2D eigenvalue weighted by atomic mass is 32.2. The SMILES string of the molecule is CC(C)N(C(=O)CSc1nnc(-c2ccc(F)cc2)n1N)C1CCCCC1. The van der Waals surface area contributed by atoms with Crippen molar-refractivity contribution >= 4 is 17.7 Å². The summed E-state index contributed by atoms with van der Waals surface area (Å²) in [4.78, 5) is 14.9. The van der Waals surface area contributed by atoms with E-state index in [-0.39, 0.29) is 23.5 Å². The molecule has 1 fully saturated rings. The summed E-state index contributed by atoms with van der Waals surface area (Å²) < 4.78 is 14.4. The van der Waals surface area contributed by atoms with Gasteiger partial charge in [-0.3, -0.25) is 4.79 Å². The van der Waals surface area contributed by atoms with Gasteiger partial charge in [0.25, 0.3) is 0 Å². The average molecular weight is 392 g/mol. The average Bonchev–Trinajstić information content (AvgIpc) is 3.02. The zero-order valence-corrected chi connectivity index (χ0v) is 16.6. The Hall–Kier alpha value is -2.09. The van der Waals surface area contributed by atoms with Crippen molar-refractivity contribution in [3.05, 3.63) is 30.1 Å². The van der Waals surface area contributed by atoms with Crippen molar-refractivity contribution in [1.82, 2.24) is 19.8 Å². The Balaban J connectivity index is 1.67. The van der Waals surface area contributed by atoms with Crippen molar-refractivity contribution in [1.29, 1.82) is 0 Å². The summed E-state index contributed by atoms with van der Waals surface area (Å²) in [5, 5.41) is 8.64. The maximum Gasteiger partial charge on any atom is 0.233 e. The molecule has 2 aromatic rings. The molecular formula is C19H26FN5OS. The second kappa shape index (κ2) is 8.73. The number of nitrogens with two attached hydrogens (primary N) is 1. The summed E-state index contributed by atoms with van der Waals surface area (Å²) in [5.74, 6) is 6.59. The van der Waals surface area contributed by atoms with Gasteiger partial charge in [0.1, 0.15) is 5.82 Å². The quantitative estimate of drug-likeness (QED) is 0.603. The van der Waals surface area contributed by atoms with Gasteiger partial charge in [-0.15, -0.1) is 10.2 Å². The topological polar surface area (TPSA) is 77.0 Å². The van der Waals surface area contributed by atoms with Crippen molar-refractivity contribution in [3.8, 4) is 11.4 Å². The van der Waals surface area contributed by atoms with E-state index in [9.17, 15) is 9.18 Å². The van der Waals surface area contributed by atoms with E-state index in [1.807, 2.05) is 4.90 Å². The first-order valence-electron chi connectivity index (χ1n) is 9.37. The predicted molar refractivity (Wildman–Crippen MR) is 105 cm³/mol. The summed E-state index contributed by atoms with van der Waals surface area (Å²) in [6, 6.07) is 6.41. The third-order valence-electron chi connectivity index (χ3n) is 4.90. The number of benzene rings is 1. The lowest BCUT2D eigenvalue weighted by atomic mass is 9.93. The smallest absolute Gasteiger partial charge is 0.233 e. The van der Waals surface area contributed by atoms with Gasteiger partial charge in [-0.1, -0.05) is 31.0 Å². The molecule has 1 aromatic carbocycles. The summed E-state index contributed by atoms with van der Waals surface area (Å²) in [6.07, 6.45) is 5.79. The second-order valence-corrected chi connectivity index (χ2v) is 8.10. The van der Waals surface area contributed by atoms with E-state index in [4.69, 9.17) is 5.84 Å². The Morgan fingerprint density at radius 3 is 2.56 bits per heavy atom. The number of carbonyl (C=O) groups excluding carboxylic acids is 1. The molecule has 0 aliphatic heterocycles. The van der Waals surface area contributed by atoms with Crippen LogP contribution in [0.5, 0.6) is 0 Å². The van der Waals surface area contributed by atoms with Gasteiger partial charge in [0.05, 0.1) is 5.75 Å². The summed E-state index contributed by atoms with van der Waals surface area (Å²) in [5.41, 5.74) is 0.676. The van der Waals surface area contributed by atoms with Gasteiger partial charge < -0.3 is 10.7 Å². The lowest BCUT2D eigenvalue weighted by Crippen LogP contribution is -2.46. The summed E-state index contributed by atoms with van der Waals surface area (Å²) in [6.45, 7) is 4.13. The van der Waals surface area contributed by atoms with Crippen LogP contribution in [-0.4, -0.2) is 43.5 Å². The Morgan fingerprint density at radius 2 is 1.93 bits per heavy atom. The van der Waals surface area contributed by atoms with E-state index in [2.05, 4.69) is 24.0 Å².